The average Bonchev–Trinajstić information content (AvgIpc) is 2.47. The lowest BCUT2D eigenvalue weighted by Crippen LogP contribution is -2.29. The SMILES string of the molecule is CCC1CCN=c2cc(Br)cc(OC)c2=C1C. The Morgan fingerprint density at radius 1 is 1.47 bits per heavy atom. The predicted molar refractivity (Wildman–Crippen MR) is 73.8 cm³/mol. The number of hydrogen-bond acceptors (Lipinski definition) is 2. The van der Waals surface area contributed by atoms with E-state index in [-0.39, 0.29) is 0 Å². The first-order chi connectivity index (χ1) is 8.17. The summed E-state index contributed by atoms with van der Waals surface area (Å²) < 4.78 is 6.53. The van der Waals surface area contributed by atoms with Crippen LogP contribution in [0.5, 0.6) is 5.75 Å². The third-order valence-corrected chi connectivity index (χ3v) is 3.98. The highest BCUT2D eigenvalue weighted by molar-refractivity contribution is 9.10. The van der Waals surface area contributed by atoms with Crippen LogP contribution in [0.15, 0.2) is 21.6 Å². The van der Waals surface area contributed by atoms with Crippen molar-refractivity contribution in [3.05, 3.63) is 27.2 Å². The summed E-state index contributed by atoms with van der Waals surface area (Å²) in [5, 5.41) is 2.25. The summed E-state index contributed by atoms with van der Waals surface area (Å²) in [6, 6.07) is 4.11. The normalized spacial score (nSPS) is 19.3. The van der Waals surface area contributed by atoms with Crippen LogP contribution in [0.25, 0.3) is 5.57 Å². The van der Waals surface area contributed by atoms with Crippen LogP contribution in [-0.4, -0.2) is 13.7 Å². The molecule has 0 spiro atoms. The summed E-state index contributed by atoms with van der Waals surface area (Å²) in [7, 11) is 1.72. The van der Waals surface area contributed by atoms with Crippen LogP contribution in [0, 0.1) is 5.92 Å². The maximum atomic E-state index is 5.50. The molecule has 3 heteroatoms. The lowest BCUT2D eigenvalue weighted by Gasteiger charge is -2.13. The van der Waals surface area contributed by atoms with Gasteiger partial charge in [-0.05, 0) is 37.8 Å². The first-order valence-electron chi connectivity index (χ1n) is 6.06. The fourth-order valence-electron chi connectivity index (χ4n) is 2.52. The van der Waals surface area contributed by atoms with E-state index in [1.165, 1.54) is 17.2 Å². The van der Waals surface area contributed by atoms with Gasteiger partial charge < -0.3 is 4.74 Å². The summed E-state index contributed by atoms with van der Waals surface area (Å²) >= 11 is 3.51. The van der Waals surface area contributed by atoms with Gasteiger partial charge in [-0.2, -0.15) is 0 Å². The average molecular weight is 296 g/mol. The first kappa shape index (κ1) is 12.6. The number of rotatable bonds is 2. The van der Waals surface area contributed by atoms with Crippen molar-refractivity contribution in [3.63, 3.8) is 0 Å². The quantitative estimate of drug-likeness (QED) is 0.822. The Labute approximate surface area is 111 Å². The third-order valence-electron chi connectivity index (χ3n) is 3.53. The van der Waals surface area contributed by atoms with Crippen molar-refractivity contribution in [1.82, 2.24) is 0 Å². The van der Waals surface area contributed by atoms with Crippen LogP contribution in [0.2, 0.25) is 0 Å². The molecule has 0 amide bonds. The van der Waals surface area contributed by atoms with E-state index in [1.807, 2.05) is 6.07 Å². The van der Waals surface area contributed by atoms with Crippen molar-refractivity contribution in [2.45, 2.75) is 26.7 Å². The molecule has 1 aromatic carbocycles. The van der Waals surface area contributed by atoms with Gasteiger partial charge in [0.15, 0.2) is 0 Å². The van der Waals surface area contributed by atoms with Gasteiger partial charge in [-0.3, -0.25) is 4.99 Å². The molecular weight excluding hydrogens is 278 g/mol. The van der Waals surface area contributed by atoms with Crippen molar-refractivity contribution in [2.24, 2.45) is 10.9 Å². The second-order valence-electron chi connectivity index (χ2n) is 4.46. The molecule has 17 heavy (non-hydrogen) atoms. The number of methoxy groups -OCH3 is 1. The molecule has 92 valence electrons. The Hall–Kier alpha value is -0.830. The van der Waals surface area contributed by atoms with Crippen molar-refractivity contribution in [2.75, 3.05) is 13.7 Å². The summed E-state index contributed by atoms with van der Waals surface area (Å²) in [5.74, 6) is 1.55. The van der Waals surface area contributed by atoms with Crippen LogP contribution in [0.3, 0.4) is 0 Å². The lowest BCUT2D eigenvalue weighted by atomic mass is 9.93. The largest absolute Gasteiger partial charge is 0.496 e. The van der Waals surface area contributed by atoms with E-state index in [9.17, 15) is 0 Å². The fraction of sp³-hybridized carbons (Fsp3) is 0.500. The monoisotopic (exact) mass is 295 g/mol. The highest BCUT2D eigenvalue weighted by Gasteiger charge is 2.15. The van der Waals surface area contributed by atoms with Crippen LogP contribution in [0.4, 0.5) is 0 Å². The zero-order valence-corrected chi connectivity index (χ0v) is 12.2. The van der Waals surface area contributed by atoms with Gasteiger partial charge in [0.05, 0.1) is 12.5 Å². The number of nitrogens with zero attached hydrogens (tertiary/aromatic N) is 1. The van der Waals surface area contributed by atoms with Gasteiger partial charge >= 0.3 is 0 Å². The molecule has 0 saturated carbocycles. The summed E-state index contributed by atoms with van der Waals surface area (Å²) in [5.41, 5.74) is 1.41. The zero-order valence-electron chi connectivity index (χ0n) is 10.6. The topological polar surface area (TPSA) is 21.6 Å². The molecule has 1 aromatic rings. The molecule has 0 saturated heterocycles. The summed E-state index contributed by atoms with van der Waals surface area (Å²) in [6.45, 7) is 5.36. The number of benzene rings is 1. The van der Waals surface area contributed by atoms with Gasteiger partial charge in [-0.1, -0.05) is 28.4 Å². The highest BCUT2D eigenvalue weighted by Crippen LogP contribution is 2.22. The number of ether oxygens (including phenoxy) is 1. The van der Waals surface area contributed by atoms with E-state index in [0.717, 1.165) is 28.5 Å². The molecule has 0 N–H and O–H groups in total. The van der Waals surface area contributed by atoms with E-state index in [0.29, 0.717) is 5.92 Å². The molecule has 1 aliphatic heterocycles. The van der Waals surface area contributed by atoms with E-state index < -0.39 is 0 Å². The van der Waals surface area contributed by atoms with E-state index in [1.54, 1.807) is 7.11 Å². The fourth-order valence-corrected chi connectivity index (χ4v) is 2.95. The molecule has 0 fully saturated rings. The molecule has 1 atom stereocenters. The standard InChI is InChI=1S/C14H18BrNO/c1-4-10-5-6-16-12-7-11(15)8-13(17-3)14(12)9(10)2/h7-8,10H,4-6H2,1-3H3. The van der Waals surface area contributed by atoms with Crippen LogP contribution >= 0.6 is 15.9 Å². The molecule has 1 unspecified atom stereocenters. The van der Waals surface area contributed by atoms with Crippen molar-refractivity contribution < 1.29 is 4.74 Å². The molecule has 0 bridgehead atoms. The minimum atomic E-state index is 0.620. The van der Waals surface area contributed by atoms with E-state index in [4.69, 9.17) is 4.74 Å². The molecule has 2 rings (SSSR count). The Morgan fingerprint density at radius 2 is 2.24 bits per heavy atom. The first-order valence-corrected chi connectivity index (χ1v) is 6.85. The summed E-state index contributed by atoms with van der Waals surface area (Å²) in [4.78, 5) is 4.67. The van der Waals surface area contributed by atoms with Crippen molar-refractivity contribution >= 4 is 21.5 Å². The Balaban J connectivity index is 2.82. The van der Waals surface area contributed by atoms with Gasteiger partial charge in [-0.15, -0.1) is 0 Å². The van der Waals surface area contributed by atoms with Crippen molar-refractivity contribution in [3.8, 4) is 5.75 Å². The lowest BCUT2D eigenvalue weighted by molar-refractivity contribution is 0.409. The van der Waals surface area contributed by atoms with Gasteiger partial charge in [0.1, 0.15) is 5.75 Å². The Bertz CT molecular complexity index is 536. The minimum Gasteiger partial charge on any atom is -0.496 e. The van der Waals surface area contributed by atoms with Gasteiger partial charge in [-0.25, -0.2) is 0 Å². The maximum absolute atomic E-state index is 5.50. The van der Waals surface area contributed by atoms with Crippen LogP contribution < -0.4 is 15.3 Å². The number of fused-ring (bicyclic) bond motifs is 1. The molecule has 1 heterocycles. The van der Waals surface area contributed by atoms with Gasteiger partial charge in [0, 0.05) is 16.2 Å². The van der Waals surface area contributed by atoms with E-state index in [2.05, 4.69) is 40.8 Å². The van der Waals surface area contributed by atoms with Crippen LogP contribution in [0.1, 0.15) is 26.7 Å². The molecule has 1 aliphatic rings. The second-order valence-corrected chi connectivity index (χ2v) is 5.38. The zero-order chi connectivity index (χ0) is 12.4. The highest BCUT2D eigenvalue weighted by atomic mass is 79.9. The smallest absolute Gasteiger partial charge is 0.129 e. The second kappa shape index (κ2) is 5.21. The van der Waals surface area contributed by atoms with Gasteiger partial charge in [0.2, 0.25) is 0 Å². The molecule has 2 nitrogen and oxygen atoms in total. The van der Waals surface area contributed by atoms with Gasteiger partial charge in [0.25, 0.3) is 0 Å². The minimum absolute atomic E-state index is 0.620. The Kier molecular flexibility index (Phi) is 3.87. The molecular formula is C14H18BrNO. The summed E-state index contributed by atoms with van der Waals surface area (Å²) in [6.07, 6.45) is 2.30. The maximum Gasteiger partial charge on any atom is 0.129 e. The van der Waals surface area contributed by atoms with E-state index >= 15 is 0 Å². The number of hydrogen-bond donors (Lipinski definition) is 0. The predicted octanol–water partition coefficient (Wildman–Crippen LogP) is 2.68. The molecule has 0 radical (unpaired) electrons. The van der Waals surface area contributed by atoms with Crippen molar-refractivity contribution in [1.29, 1.82) is 0 Å². The molecule has 0 aromatic heterocycles. The van der Waals surface area contributed by atoms with Crippen LogP contribution in [-0.2, 0) is 0 Å². The molecule has 0 aliphatic carbocycles. The Morgan fingerprint density at radius 3 is 2.88 bits per heavy atom. The number of halogens is 1. The third kappa shape index (κ3) is 2.39.